The van der Waals surface area contributed by atoms with Crippen LogP contribution in [0.1, 0.15) is 35.7 Å². The van der Waals surface area contributed by atoms with Gasteiger partial charge in [-0.3, -0.25) is 10.2 Å². The van der Waals surface area contributed by atoms with Crippen LogP contribution in [0.4, 0.5) is 18.9 Å². The predicted molar refractivity (Wildman–Crippen MR) is 70.5 cm³/mol. The SMILES string of the molecule is CCCCc1cccc2c1C(=O)C(=N)N2CC(F)(F)F. The van der Waals surface area contributed by atoms with Gasteiger partial charge in [0.15, 0.2) is 5.84 Å². The summed E-state index contributed by atoms with van der Waals surface area (Å²) in [6, 6.07) is 4.85. The molecule has 0 bridgehead atoms. The lowest BCUT2D eigenvalue weighted by Crippen LogP contribution is -2.37. The standard InChI is InChI=1S/C14H15F3N2O/c1-2-3-5-9-6-4-7-10-11(9)12(20)13(18)19(10)8-14(15,16)17/h4,6-7,18H,2-3,5,8H2,1H3. The first kappa shape index (κ1) is 14.6. The van der Waals surface area contributed by atoms with Gasteiger partial charge in [-0.1, -0.05) is 25.5 Å². The van der Waals surface area contributed by atoms with Crippen molar-refractivity contribution in [2.24, 2.45) is 0 Å². The quantitative estimate of drug-likeness (QED) is 0.918. The summed E-state index contributed by atoms with van der Waals surface area (Å²) in [6.07, 6.45) is -2.02. The van der Waals surface area contributed by atoms with Gasteiger partial charge in [-0.15, -0.1) is 0 Å². The van der Waals surface area contributed by atoms with Crippen molar-refractivity contribution in [3.63, 3.8) is 0 Å². The molecule has 0 radical (unpaired) electrons. The van der Waals surface area contributed by atoms with E-state index < -0.39 is 24.3 Å². The lowest BCUT2D eigenvalue weighted by atomic mass is 9.99. The number of nitrogens with one attached hydrogen (secondary N) is 1. The predicted octanol–water partition coefficient (Wildman–Crippen LogP) is 3.57. The molecule has 6 heteroatoms. The number of carbonyl (C=O) groups excluding carboxylic acids is 1. The largest absolute Gasteiger partial charge is 0.406 e. The van der Waals surface area contributed by atoms with E-state index in [0.29, 0.717) is 6.42 Å². The van der Waals surface area contributed by atoms with Crippen LogP contribution in [0.25, 0.3) is 0 Å². The number of Topliss-reactive ketones (excluding diaryl/α,β-unsaturated/α-hetero) is 1. The van der Waals surface area contributed by atoms with Crippen LogP contribution in [0.3, 0.4) is 0 Å². The van der Waals surface area contributed by atoms with Gasteiger partial charge in [0.2, 0.25) is 5.78 Å². The molecule has 0 fully saturated rings. The zero-order valence-corrected chi connectivity index (χ0v) is 11.0. The summed E-state index contributed by atoms with van der Waals surface area (Å²) >= 11 is 0. The second kappa shape index (κ2) is 5.26. The fraction of sp³-hybridized carbons (Fsp3) is 0.429. The van der Waals surface area contributed by atoms with Gasteiger partial charge >= 0.3 is 6.18 Å². The highest BCUT2D eigenvalue weighted by Crippen LogP contribution is 2.34. The zero-order valence-electron chi connectivity index (χ0n) is 11.0. The minimum absolute atomic E-state index is 0.200. The van der Waals surface area contributed by atoms with Gasteiger partial charge in [-0.05, 0) is 24.5 Å². The summed E-state index contributed by atoms with van der Waals surface area (Å²) in [4.78, 5) is 12.8. The van der Waals surface area contributed by atoms with E-state index in [1.807, 2.05) is 6.92 Å². The average Bonchev–Trinajstić information content (AvgIpc) is 2.61. The first-order valence-electron chi connectivity index (χ1n) is 6.44. The summed E-state index contributed by atoms with van der Waals surface area (Å²) in [5.74, 6) is -1.21. The lowest BCUT2D eigenvalue weighted by molar-refractivity contribution is -0.117. The molecule has 1 N–H and O–H groups in total. The van der Waals surface area contributed by atoms with Gasteiger partial charge < -0.3 is 4.90 Å². The minimum atomic E-state index is -4.45. The number of halogens is 3. The fourth-order valence-corrected chi connectivity index (χ4v) is 2.35. The number of fused-ring (bicyclic) bond motifs is 1. The summed E-state index contributed by atoms with van der Waals surface area (Å²) < 4.78 is 37.7. The van der Waals surface area contributed by atoms with Gasteiger partial charge in [0, 0.05) is 0 Å². The van der Waals surface area contributed by atoms with E-state index in [0.717, 1.165) is 23.3 Å². The zero-order chi connectivity index (χ0) is 14.9. The first-order valence-corrected chi connectivity index (χ1v) is 6.44. The van der Waals surface area contributed by atoms with Crippen LogP contribution in [0, 0.1) is 5.41 Å². The lowest BCUT2D eigenvalue weighted by Gasteiger charge is -2.20. The molecule has 3 nitrogen and oxygen atoms in total. The maximum Gasteiger partial charge on any atom is 0.406 e. The van der Waals surface area contributed by atoms with Gasteiger partial charge in [0.1, 0.15) is 6.54 Å². The number of benzene rings is 1. The van der Waals surface area contributed by atoms with Crippen molar-refractivity contribution in [1.82, 2.24) is 0 Å². The van der Waals surface area contributed by atoms with E-state index in [1.165, 1.54) is 6.07 Å². The number of anilines is 1. The maximum atomic E-state index is 12.6. The Hall–Kier alpha value is -1.85. The Bertz CT molecular complexity index is 552. The van der Waals surface area contributed by atoms with Crippen LogP contribution in [0.2, 0.25) is 0 Å². The first-order chi connectivity index (χ1) is 9.35. The molecule has 1 aliphatic heterocycles. The van der Waals surface area contributed by atoms with E-state index in [2.05, 4.69) is 0 Å². The van der Waals surface area contributed by atoms with E-state index in [-0.39, 0.29) is 11.3 Å². The monoisotopic (exact) mass is 284 g/mol. The number of unbranched alkanes of at least 4 members (excludes halogenated alkanes) is 1. The Kier molecular flexibility index (Phi) is 3.83. The third-order valence-corrected chi connectivity index (χ3v) is 3.27. The number of amidine groups is 1. The second-order valence-electron chi connectivity index (χ2n) is 4.79. The normalized spacial score (nSPS) is 14.9. The third-order valence-electron chi connectivity index (χ3n) is 3.27. The Morgan fingerprint density at radius 2 is 2.00 bits per heavy atom. The molecule has 0 atom stereocenters. The molecule has 2 rings (SSSR count). The maximum absolute atomic E-state index is 12.6. The molecule has 20 heavy (non-hydrogen) atoms. The summed E-state index contributed by atoms with van der Waals surface area (Å²) in [6.45, 7) is 0.699. The Balaban J connectivity index is 2.41. The number of aryl methyl sites for hydroxylation is 1. The number of alkyl halides is 3. The molecule has 0 unspecified atom stereocenters. The second-order valence-corrected chi connectivity index (χ2v) is 4.79. The smallest absolute Gasteiger partial charge is 0.314 e. The number of nitrogens with zero attached hydrogens (tertiary/aromatic N) is 1. The van der Waals surface area contributed by atoms with Crippen LogP contribution in [0.15, 0.2) is 18.2 Å². The topological polar surface area (TPSA) is 44.2 Å². The van der Waals surface area contributed by atoms with E-state index in [4.69, 9.17) is 5.41 Å². The van der Waals surface area contributed by atoms with Crippen LogP contribution in [0.5, 0.6) is 0 Å². The van der Waals surface area contributed by atoms with Gasteiger partial charge in [-0.2, -0.15) is 13.2 Å². The number of rotatable bonds is 4. The van der Waals surface area contributed by atoms with Crippen LogP contribution in [-0.2, 0) is 6.42 Å². The molecule has 1 heterocycles. The average molecular weight is 284 g/mol. The van der Waals surface area contributed by atoms with Crippen molar-refractivity contribution in [2.45, 2.75) is 32.4 Å². The van der Waals surface area contributed by atoms with E-state index in [9.17, 15) is 18.0 Å². The van der Waals surface area contributed by atoms with E-state index >= 15 is 0 Å². The van der Waals surface area contributed by atoms with Crippen LogP contribution >= 0.6 is 0 Å². The molecule has 0 aliphatic carbocycles. The molecule has 108 valence electrons. The molecule has 0 saturated carbocycles. The number of hydrogen-bond donors (Lipinski definition) is 1. The summed E-state index contributed by atoms with van der Waals surface area (Å²) in [5, 5.41) is 7.63. The Morgan fingerprint density at radius 1 is 1.30 bits per heavy atom. The van der Waals surface area contributed by atoms with Gasteiger partial charge in [-0.25, -0.2) is 0 Å². The molecule has 1 aromatic rings. The molecule has 0 saturated heterocycles. The molecular weight excluding hydrogens is 269 g/mol. The Labute approximate surface area is 114 Å². The highest BCUT2D eigenvalue weighted by Gasteiger charge is 2.40. The van der Waals surface area contributed by atoms with Crippen molar-refractivity contribution in [2.75, 3.05) is 11.4 Å². The van der Waals surface area contributed by atoms with E-state index in [1.54, 1.807) is 12.1 Å². The highest BCUT2D eigenvalue weighted by molar-refractivity contribution is 6.53. The van der Waals surface area contributed by atoms with Crippen molar-refractivity contribution in [3.05, 3.63) is 29.3 Å². The Morgan fingerprint density at radius 3 is 2.60 bits per heavy atom. The molecule has 1 aromatic carbocycles. The van der Waals surface area contributed by atoms with Crippen LogP contribution in [-0.4, -0.2) is 24.3 Å². The van der Waals surface area contributed by atoms with Crippen molar-refractivity contribution >= 4 is 17.3 Å². The number of ketones is 1. The highest BCUT2D eigenvalue weighted by atomic mass is 19.4. The fourth-order valence-electron chi connectivity index (χ4n) is 2.35. The number of carbonyl (C=O) groups is 1. The molecule has 0 amide bonds. The van der Waals surface area contributed by atoms with Crippen molar-refractivity contribution < 1.29 is 18.0 Å². The molecule has 0 spiro atoms. The van der Waals surface area contributed by atoms with Gasteiger partial charge in [0.25, 0.3) is 0 Å². The third kappa shape index (κ3) is 2.69. The molecule has 0 aromatic heterocycles. The number of hydrogen-bond acceptors (Lipinski definition) is 2. The summed E-state index contributed by atoms with van der Waals surface area (Å²) in [5.41, 5.74) is 1.19. The van der Waals surface area contributed by atoms with Crippen LogP contribution < -0.4 is 4.90 Å². The van der Waals surface area contributed by atoms with Crippen molar-refractivity contribution in [3.8, 4) is 0 Å². The van der Waals surface area contributed by atoms with Crippen molar-refractivity contribution in [1.29, 1.82) is 5.41 Å². The van der Waals surface area contributed by atoms with Gasteiger partial charge in [0.05, 0.1) is 11.3 Å². The molecular formula is C14H15F3N2O. The minimum Gasteiger partial charge on any atom is -0.314 e. The molecule has 1 aliphatic rings. The summed E-state index contributed by atoms with van der Waals surface area (Å²) in [7, 11) is 0.